The molecule has 0 radical (unpaired) electrons. The Morgan fingerprint density at radius 3 is 2.64 bits per heavy atom. The Balaban J connectivity index is 1.76. The van der Waals surface area contributed by atoms with Crippen LogP contribution in [0.15, 0.2) is 29.3 Å². The van der Waals surface area contributed by atoms with Crippen molar-refractivity contribution in [3.05, 3.63) is 34.4 Å². The number of hydrogen-bond acceptors (Lipinski definition) is 4. The molecule has 2 atom stereocenters. The smallest absolute Gasteiger partial charge is 0.269 e. The van der Waals surface area contributed by atoms with Gasteiger partial charge >= 0.3 is 0 Å². The zero-order valence-electron chi connectivity index (χ0n) is 13.0. The zero-order valence-corrected chi connectivity index (χ0v) is 13.0. The molecule has 7 nitrogen and oxygen atoms in total. The molecule has 0 heterocycles. The third-order valence-electron chi connectivity index (χ3n) is 3.56. The highest BCUT2D eigenvalue weighted by atomic mass is 16.6. The average Bonchev–Trinajstić information content (AvgIpc) is 3.19. The van der Waals surface area contributed by atoms with E-state index in [1.54, 1.807) is 12.1 Å². The minimum atomic E-state index is -0.401. The Morgan fingerprint density at radius 1 is 1.41 bits per heavy atom. The van der Waals surface area contributed by atoms with Gasteiger partial charge in [-0.3, -0.25) is 15.1 Å². The lowest BCUT2D eigenvalue weighted by Crippen LogP contribution is -2.39. The summed E-state index contributed by atoms with van der Waals surface area (Å²) in [5.74, 6) is 1.57. The van der Waals surface area contributed by atoms with E-state index in [0.717, 1.165) is 24.1 Å². The number of nitro groups is 1. The molecule has 1 fully saturated rings. The highest BCUT2D eigenvalue weighted by Gasteiger charge is 2.33. The van der Waals surface area contributed by atoms with E-state index >= 15 is 0 Å². The second-order valence-corrected chi connectivity index (χ2v) is 5.46. The highest BCUT2D eigenvalue weighted by Crippen LogP contribution is 2.28. The molecule has 22 heavy (non-hydrogen) atoms. The van der Waals surface area contributed by atoms with Crippen LogP contribution in [0.4, 0.5) is 11.4 Å². The maximum atomic E-state index is 10.6. The first-order valence-electron chi connectivity index (χ1n) is 7.63. The average molecular weight is 305 g/mol. The lowest BCUT2D eigenvalue weighted by molar-refractivity contribution is -0.384. The third kappa shape index (κ3) is 4.91. The van der Waals surface area contributed by atoms with E-state index < -0.39 is 4.92 Å². The maximum absolute atomic E-state index is 10.6. The molecule has 1 saturated carbocycles. The quantitative estimate of drug-likeness (QED) is 0.235. The summed E-state index contributed by atoms with van der Waals surface area (Å²) in [6.45, 7) is 6.41. The highest BCUT2D eigenvalue weighted by molar-refractivity contribution is 5.80. The lowest BCUT2D eigenvalue weighted by Gasteiger charge is -2.11. The number of guanidine groups is 1. The van der Waals surface area contributed by atoms with Crippen LogP contribution in [0.2, 0.25) is 0 Å². The molecule has 0 saturated heterocycles. The van der Waals surface area contributed by atoms with Gasteiger partial charge in [-0.1, -0.05) is 6.92 Å². The molecule has 0 amide bonds. The van der Waals surface area contributed by atoms with Gasteiger partial charge in [0.05, 0.1) is 11.5 Å². The van der Waals surface area contributed by atoms with Gasteiger partial charge in [0.15, 0.2) is 5.96 Å². The molecule has 3 N–H and O–H groups in total. The molecule has 0 bridgehead atoms. The summed E-state index contributed by atoms with van der Waals surface area (Å²) >= 11 is 0. The second kappa shape index (κ2) is 7.63. The van der Waals surface area contributed by atoms with E-state index in [4.69, 9.17) is 0 Å². The van der Waals surface area contributed by atoms with Crippen LogP contribution < -0.4 is 16.0 Å². The molecule has 2 rings (SSSR count). The predicted octanol–water partition coefficient (Wildman–Crippen LogP) is 1.97. The van der Waals surface area contributed by atoms with Crippen LogP contribution in [-0.2, 0) is 0 Å². The fourth-order valence-electron chi connectivity index (χ4n) is 2.09. The topological polar surface area (TPSA) is 91.6 Å². The number of anilines is 1. The summed E-state index contributed by atoms with van der Waals surface area (Å²) in [7, 11) is 0. The normalized spacial score (nSPS) is 20.4. The van der Waals surface area contributed by atoms with Gasteiger partial charge in [-0.25, -0.2) is 0 Å². The summed E-state index contributed by atoms with van der Waals surface area (Å²) in [4.78, 5) is 14.7. The Morgan fingerprint density at radius 2 is 2.09 bits per heavy atom. The third-order valence-corrected chi connectivity index (χ3v) is 3.56. The SMILES string of the molecule is CCNC(=NCCNc1ccc([N+](=O)[O-])cc1)NC1CC1C. The molecule has 0 aliphatic heterocycles. The molecule has 1 aromatic rings. The minimum absolute atomic E-state index is 0.0979. The van der Waals surface area contributed by atoms with Crippen molar-refractivity contribution in [1.82, 2.24) is 10.6 Å². The molecule has 1 aliphatic rings. The van der Waals surface area contributed by atoms with Crippen molar-refractivity contribution < 1.29 is 4.92 Å². The maximum Gasteiger partial charge on any atom is 0.269 e. The standard InChI is InChI=1S/C15H23N5O2/c1-3-16-15(19-14-10-11(14)2)18-9-8-17-12-4-6-13(7-5-12)20(21)22/h4-7,11,14,17H,3,8-10H2,1-2H3,(H2,16,18,19). The Kier molecular flexibility index (Phi) is 5.57. The Bertz CT molecular complexity index is 529. The first-order chi connectivity index (χ1) is 10.6. The molecule has 7 heteroatoms. The molecule has 120 valence electrons. The summed E-state index contributed by atoms with van der Waals surface area (Å²) < 4.78 is 0. The number of rotatable bonds is 7. The van der Waals surface area contributed by atoms with E-state index in [9.17, 15) is 10.1 Å². The first-order valence-corrected chi connectivity index (χ1v) is 7.63. The van der Waals surface area contributed by atoms with Crippen LogP contribution in [0.3, 0.4) is 0 Å². The van der Waals surface area contributed by atoms with Crippen molar-refractivity contribution in [2.24, 2.45) is 10.9 Å². The second-order valence-electron chi connectivity index (χ2n) is 5.46. The predicted molar refractivity (Wildman–Crippen MR) is 88.3 cm³/mol. The molecule has 0 spiro atoms. The fraction of sp³-hybridized carbons (Fsp3) is 0.533. The van der Waals surface area contributed by atoms with E-state index in [-0.39, 0.29) is 5.69 Å². The van der Waals surface area contributed by atoms with Gasteiger partial charge < -0.3 is 16.0 Å². The molecule has 0 aromatic heterocycles. The number of nitrogens with zero attached hydrogens (tertiary/aromatic N) is 2. The number of nitrogens with one attached hydrogen (secondary N) is 3. The van der Waals surface area contributed by atoms with Crippen LogP contribution in [0.25, 0.3) is 0 Å². The zero-order chi connectivity index (χ0) is 15.9. The number of hydrogen-bond donors (Lipinski definition) is 3. The van der Waals surface area contributed by atoms with Crippen molar-refractivity contribution in [3.8, 4) is 0 Å². The number of aliphatic imine (C=N–C) groups is 1. The molecule has 2 unspecified atom stereocenters. The summed E-state index contributed by atoms with van der Waals surface area (Å²) in [5.41, 5.74) is 0.954. The number of non-ortho nitro benzene ring substituents is 1. The van der Waals surface area contributed by atoms with Gasteiger partial charge in [0, 0.05) is 37.0 Å². The Hall–Kier alpha value is -2.31. The van der Waals surface area contributed by atoms with Gasteiger partial charge in [0.2, 0.25) is 0 Å². The van der Waals surface area contributed by atoms with E-state index in [1.807, 2.05) is 6.92 Å². The van der Waals surface area contributed by atoms with E-state index in [1.165, 1.54) is 18.6 Å². The summed E-state index contributed by atoms with van der Waals surface area (Å²) in [6, 6.07) is 6.94. The van der Waals surface area contributed by atoms with Crippen LogP contribution >= 0.6 is 0 Å². The van der Waals surface area contributed by atoms with Crippen LogP contribution in [0, 0.1) is 16.0 Å². The van der Waals surface area contributed by atoms with Crippen LogP contribution in [0.5, 0.6) is 0 Å². The van der Waals surface area contributed by atoms with Gasteiger partial charge in [-0.2, -0.15) is 0 Å². The van der Waals surface area contributed by atoms with Crippen molar-refractivity contribution >= 4 is 17.3 Å². The summed E-state index contributed by atoms with van der Waals surface area (Å²) in [5, 5.41) is 20.4. The minimum Gasteiger partial charge on any atom is -0.383 e. The van der Waals surface area contributed by atoms with Crippen molar-refractivity contribution in [1.29, 1.82) is 0 Å². The fourth-order valence-corrected chi connectivity index (χ4v) is 2.09. The van der Waals surface area contributed by atoms with Crippen molar-refractivity contribution in [3.63, 3.8) is 0 Å². The van der Waals surface area contributed by atoms with Crippen LogP contribution in [-0.4, -0.2) is 36.6 Å². The monoisotopic (exact) mass is 305 g/mol. The summed E-state index contributed by atoms with van der Waals surface area (Å²) in [6.07, 6.45) is 1.20. The lowest BCUT2D eigenvalue weighted by atomic mass is 10.3. The number of benzene rings is 1. The molecule has 1 aromatic carbocycles. The van der Waals surface area contributed by atoms with Gasteiger partial charge in [-0.05, 0) is 31.4 Å². The molecule has 1 aliphatic carbocycles. The molecular formula is C15H23N5O2. The van der Waals surface area contributed by atoms with Gasteiger partial charge in [0.25, 0.3) is 5.69 Å². The Labute approximate surface area is 130 Å². The van der Waals surface area contributed by atoms with E-state index in [2.05, 4.69) is 27.9 Å². The van der Waals surface area contributed by atoms with Crippen LogP contribution in [0.1, 0.15) is 20.3 Å². The number of nitro benzene ring substituents is 1. The van der Waals surface area contributed by atoms with Gasteiger partial charge in [0.1, 0.15) is 0 Å². The van der Waals surface area contributed by atoms with Crippen molar-refractivity contribution in [2.75, 3.05) is 25.0 Å². The van der Waals surface area contributed by atoms with Crippen molar-refractivity contribution in [2.45, 2.75) is 26.3 Å². The largest absolute Gasteiger partial charge is 0.383 e. The van der Waals surface area contributed by atoms with E-state index in [0.29, 0.717) is 19.1 Å². The van der Waals surface area contributed by atoms with Gasteiger partial charge in [-0.15, -0.1) is 0 Å². The first kappa shape index (κ1) is 16.1. The molecular weight excluding hydrogens is 282 g/mol.